The monoisotopic (exact) mass is 194 g/mol. The Bertz CT molecular complexity index is 300. The Labute approximate surface area is 70.8 Å². The normalized spacial score (nSPS) is 11.7. The predicted octanol–water partition coefficient (Wildman–Crippen LogP) is 2.89. The molecule has 66 valence electrons. The van der Waals surface area contributed by atoms with Crippen LogP contribution in [-0.4, -0.2) is 6.29 Å². The molecule has 0 unspecified atom stereocenters. The van der Waals surface area contributed by atoms with Gasteiger partial charge in [-0.25, -0.2) is 0 Å². The molecule has 12 heavy (non-hydrogen) atoms. The van der Waals surface area contributed by atoms with Gasteiger partial charge in [0.05, 0.1) is 4.88 Å². The van der Waals surface area contributed by atoms with E-state index in [-0.39, 0.29) is 4.88 Å². The van der Waals surface area contributed by atoms with Crippen molar-refractivity contribution in [1.29, 1.82) is 0 Å². The summed E-state index contributed by atoms with van der Waals surface area (Å²) in [6.45, 7) is 1.48. The van der Waals surface area contributed by atoms with Gasteiger partial charge in [-0.2, -0.15) is 13.2 Å². The van der Waals surface area contributed by atoms with Crippen LogP contribution in [0, 0.1) is 6.92 Å². The molecule has 1 nitrogen and oxygen atoms in total. The molecule has 1 aromatic rings. The summed E-state index contributed by atoms with van der Waals surface area (Å²) in [6, 6.07) is 0.981. The molecule has 5 heteroatoms. The van der Waals surface area contributed by atoms with Crippen molar-refractivity contribution in [2.24, 2.45) is 0 Å². The van der Waals surface area contributed by atoms with E-state index in [4.69, 9.17) is 0 Å². The highest BCUT2D eigenvalue weighted by Gasteiger charge is 2.33. The average molecular weight is 194 g/mol. The number of alkyl halides is 3. The maximum absolute atomic E-state index is 12.0. The largest absolute Gasteiger partial charge is 0.425 e. The Kier molecular flexibility index (Phi) is 2.23. The first kappa shape index (κ1) is 9.25. The fraction of sp³-hybridized carbons (Fsp3) is 0.286. The number of rotatable bonds is 1. The van der Waals surface area contributed by atoms with E-state index < -0.39 is 11.1 Å². The van der Waals surface area contributed by atoms with Gasteiger partial charge < -0.3 is 0 Å². The molecule has 0 atom stereocenters. The summed E-state index contributed by atoms with van der Waals surface area (Å²) in [7, 11) is 0. The molecule has 0 bridgehead atoms. The highest BCUT2D eigenvalue weighted by Crippen LogP contribution is 2.35. The minimum atomic E-state index is -4.34. The predicted molar refractivity (Wildman–Crippen MR) is 39.4 cm³/mol. The van der Waals surface area contributed by atoms with Crippen molar-refractivity contribution < 1.29 is 18.0 Å². The number of aryl methyl sites for hydroxylation is 1. The standard InChI is InChI=1S/C7H5F3OS/c1-4-2-6(7(8,9)10)12-5(4)3-11/h2-3H,1H3. The Morgan fingerprint density at radius 3 is 2.33 bits per heavy atom. The van der Waals surface area contributed by atoms with Crippen molar-refractivity contribution in [3.8, 4) is 0 Å². The molecule has 1 rings (SSSR count). The number of carbonyl (C=O) groups is 1. The zero-order chi connectivity index (χ0) is 9.35. The van der Waals surface area contributed by atoms with E-state index in [1.165, 1.54) is 6.92 Å². The van der Waals surface area contributed by atoms with Gasteiger partial charge in [-0.05, 0) is 18.6 Å². The molecule has 0 radical (unpaired) electrons. The van der Waals surface area contributed by atoms with Crippen molar-refractivity contribution in [2.75, 3.05) is 0 Å². The van der Waals surface area contributed by atoms with Crippen molar-refractivity contribution in [2.45, 2.75) is 13.1 Å². The third-order valence-corrected chi connectivity index (χ3v) is 2.55. The van der Waals surface area contributed by atoms with Crippen molar-refractivity contribution in [1.82, 2.24) is 0 Å². The van der Waals surface area contributed by atoms with E-state index in [2.05, 4.69) is 0 Å². The maximum Gasteiger partial charge on any atom is 0.425 e. The zero-order valence-corrected chi connectivity index (χ0v) is 6.92. The fourth-order valence-corrected chi connectivity index (χ4v) is 1.61. The van der Waals surface area contributed by atoms with Gasteiger partial charge in [0.2, 0.25) is 0 Å². The van der Waals surface area contributed by atoms with Crippen LogP contribution in [0.2, 0.25) is 0 Å². The summed E-state index contributed by atoms with van der Waals surface area (Å²) in [4.78, 5) is 9.63. The molecule has 0 amide bonds. The lowest BCUT2D eigenvalue weighted by molar-refractivity contribution is -0.134. The highest BCUT2D eigenvalue weighted by atomic mass is 32.1. The molecule has 0 spiro atoms. The summed E-state index contributed by atoms with van der Waals surface area (Å²) in [5.74, 6) is 0. The van der Waals surface area contributed by atoms with Crippen LogP contribution < -0.4 is 0 Å². The topological polar surface area (TPSA) is 17.1 Å². The summed E-state index contributed by atoms with van der Waals surface area (Å²) in [5, 5.41) is 0. The van der Waals surface area contributed by atoms with Crippen LogP contribution in [0.1, 0.15) is 20.1 Å². The molecule has 0 saturated heterocycles. The molecule has 0 aliphatic carbocycles. The summed E-state index contributed by atoms with van der Waals surface area (Å²) in [6.07, 6.45) is -3.90. The van der Waals surface area contributed by atoms with Gasteiger partial charge in [0.1, 0.15) is 4.88 Å². The van der Waals surface area contributed by atoms with Crippen molar-refractivity contribution in [3.63, 3.8) is 0 Å². The van der Waals surface area contributed by atoms with Gasteiger partial charge in [-0.3, -0.25) is 4.79 Å². The van der Waals surface area contributed by atoms with E-state index in [9.17, 15) is 18.0 Å². The number of thiophene rings is 1. The van der Waals surface area contributed by atoms with Crippen LogP contribution in [0.4, 0.5) is 13.2 Å². The smallest absolute Gasteiger partial charge is 0.297 e. The molecule has 0 aliphatic heterocycles. The van der Waals surface area contributed by atoms with Crippen LogP contribution in [0.15, 0.2) is 6.07 Å². The second kappa shape index (κ2) is 2.90. The van der Waals surface area contributed by atoms with Gasteiger partial charge in [-0.15, -0.1) is 11.3 Å². The van der Waals surface area contributed by atoms with Crippen molar-refractivity contribution >= 4 is 17.6 Å². The fourth-order valence-electron chi connectivity index (χ4n) is 0.753. The quantitative estimate of drug-likeness (QED) is 0.628. The van der Waals surface area contributed by atoms with Crippen LogP contribution in [0.5, 0.6) is 0 Å². The SMILES string of the molecule is Cc1cc(C(F)(F)F)sc1C=O. The van der Waals surface area contributed by atoms with Gasteiger partial charge in [0.15, 0.2) is 6.29 Å². The number of carbonyl (C=O) groups excluding carboxylic acids is 1. The molecule has 0 saturated carbocycles. The number of aldehydes is 1. The minimum Gasteiger partial charge on any atom is -0.297 e. The second-order valence-corrected chi connectivity index (χ2v) is 3.36. The molecular weight excluding hydrogens is 189 g/mol. The third kappa shape index (κ3) is 1.66. The van der Waals surface area contributed by atoms with Gasteiger partial charge in [0.25, 0.3) is 0 Å². The van der Waals surface area contributed by atoms with Crippen LogP contribution in [-0.2, 0) is 6.18 Å². The Morgan fingerprint density at radius 2 is 2.08 bits per heavy atom. The average Bonchev–Trinajstić information content (AvgIpc) is 2.29. The van der Waals surface area contributed by atoms with Crippen LogP contribution in [0.3, 0.4) is 0 Å². The molecule has 0 aliphatic rings. The Hall–Kier alpha value is -0.840. The first-order valence-corrected chi connectivity index (χ1v) is 3.89. The Morgan fingerprint density at radius 1 is 1.50 bits per heavy atom. The van der Waals surface area contributed by atoms with Crippen LogP contribution in [0.25, 0.3) is 0 Å². The zero-order valence-electron chi connectivity index (χ0n) is 6.11. The Balaban J connectivity index is 3.13. The lowest BCUT2D eigenvalue weighted by Crippen LogP contribution is -2.00. The van der Waals surface area contributed by atoms with E-state index in [1.807, 2.05) is 0 Å². The molecule has 0 N–H and O–H groups in total. The highest BCUT2D eigenvalue weighted by molar-refractivity contribution is 7.13. The van der Waals surface area contributed by atoms with Crippen LogP contribution >= 0.6 is 11.3 Å². The third-order valence-electron chi connectivity index (χ3n) is 1.34. The van der Waals surface area contributed by atoms with Gasteiger partial charge in [-0.1, -0.05) is 0 Å². The van der Waals surface area contributed by atoms with Crippen molar-refractivity contribution in [3.05, 3.63) is 21.4 Å². The number of hydrogen-bond acceptors (Lipinski definition) is 2. The lowest BCUT2D eigenvalue weighted by atomic mass is 10.3. The van der Waals surface area contributed by atoms with E-state index in [0.29, 0.717) is 23.2 Å². The molecular formula is C7H5F3OS. The summed E-state index contributed by atoms with van der Waals surface area (Å²) < 4.78 is 36.0. The van der Waals surface area contributed by atoms with E-state index in [0.717, 1.165) is 6.07 Å². The van der Waals surface area contributed by atoms with E-state index in [1.54, 1.807) is 0 Å². The lowest BCUT2D eigenvalue weighted by Gasteiger charge is -1.99. The minimum absolute atomic E-state index is 0.141. The maximum atomic E-state index is 12.0. The molecule has 0 aromatic carbocycles. The number of halogens is 3. The van der Waals surface area contributed by atoms with E-state index >= 15 is 0 Å². The summed E-state index contributed by atoms with van der Waals surface area (Å²) >= 11 is 0.473. The second-order valence-electron chi connectivity index (χ2n) is 2.27. The molecule has 0 fully saturated rings. The first-order valence-electron chi connectivity index (χ1n) is 3.08. The molecule has 1 heterocycles. The van der Waals surface area contributed by atoms with Gasteiger partial charge in [0, 0.05) is 0 Å². The van der Waals surface area contributed by atoms with Gasteiger partial charge >= 0.3 is 6.18 Å². The first-order chi connectivity index (χ1) is 5.45. The molecule has 1 aromatic heterocycles. The number of hydrogen-bond donors (Lipinski definition) is 0. The summed E-state index contributed by atoms with van der Waals surface area (Å²) in [5.41, 5.74) is 0.377.